The minimum atomic E-state index is -3.79. The van der Waals surface area contributed by atoms with Gasteiger partial charge in [-0.3, -0.25) is 9.69 Å². The van der Waals surface area contributed by atoms with Crippen molar-refractivity contribution in [2.24, 2.45) is 0 Å². The van der Waals surface area contributed by atoms with E-state index in [1.807, 2.05) is 6.92 Å². The smallest absolute Gasteiger partial charge is 0.252 e. The molecule has 2 aromatic heterocycles. The Bertz CT molecular complexity index is 1270. The third-order valence-corrected chi connectivity index (χ3v) is 7.59. The van der Waals surface area contributed by atoms with Crippen LogP contribution in [-0.2, 0) is 19.6 Å². The topological polar surface area (TPSA) is 102 Å². The van der Waals surface area contributed by atoms with Crippen molar-refractivity contribution in [1.29, 1.82) is 0 Å². The van der Waals surface area contributed by atoms with Gasteiger partial charge in [-0.15, -0.1) is 0 Å². The van der Waals surface area contributed by atoms with Gasteiger partial charge >= 0.3 is 0 Å². The molecule has 3 heterocycles. The van der Waals surface area contributed by atoms with Crippen molar-refractivity contribution in [3.8, 4) is 5.75 Å². The molecule has 9 nitrogen and oxygen atoms in total. The summed E-state index contributed by atoms with van der Waals surface area (Å²) < 4.78 is 44.0. The maximum Gasteiger partial charge on any atom is 0.252 e. The van der Waals surface area contributed by atoms with Crippen molar-refractivity contribution >= 4 is 27.8 Å². The van der Waals surface area contributed by atoms with Crippen molar-refractivity contribution in [1.82, 2.24) is 9.29 Å². The lowest BCUT2D eigenvalue weighted by molar-refractivity contribution is -0.114. The zero-order valence-electron chi connectivity index (χ0n) is 19.5. The maximum absolute atomic E-state index is 13.3. The number of nitrogens with zero attached hydrogens (tertiary/aromatic N) is 3. The Morgan fingerprint density at radius 1 is 1.17 bits per heavy atom. The fourth-order valence-electron chi connectivity index (χ4n) is 3.83. The molecule has 4 rings (SSSR count). The first-order valence-electron chi connectivity index (χ1n) is 11.1. The molecule has 1 saturated heterocycles. The number of hydrogen-bond acceptors (Lipinski definition) is 7. The Labute approximate surface area is 204 Å². The quantitative estimate of drug-likeness (QED) is 0.439. The van der Waals surface area contributed by atoms with Gasteiger partial charge in [-0.05, 0) is 55.0 Å². The molecule has 1 atom stereocenters. The molecule has 3 aromatic rings. The molecule has 184 valence electrons. The van der Waals surface area contributed by atoms with Gasteiger partial charge in [0.2, 0.25) is 10.0 Å². The number of ether oxygens (including phenoxy) is 2. The molecule has 35 heavy (non-hydrogen) atoms. The minimum Gasteiger partial charge on any atom is -0.495 e. The number of amides is 1. The summed E-state index contributed by atoms with van der Waals surface area (Å²) in [7, 11) is -2.37. The number of carbonyl (C=O) groups excluding carboxylic acids is 1. The van der Waals surface area contributed by atoms with Crippen LogP contribution in [0.2, 0.25) is 0 Å². The van der Waals surface area contributed by atoms with E-state index in [2.05, 4.69) is 4.98 Å². The molecule has 0 aliphatic carbocycles. The average molecular weight is 498 g/mol. The minimum absolute atomic E-state index is 0.0436. The lowest BCUT2D eigenvalue weighted by Gasteiger charge is -2.27. The highest BCUT2D eigenvalue weighted by Crippen LogP contribution is 2.30. The standard InChI is InChI=1S/C25H27N3O6S/c1-19(21-6-5-15-34-21)28(24-7-3-4-12-26-24)25(29)11-9-20-8-10-22(32-2)23(18-20)35(30,31)27-13-16-33-17-14-27/h3-12,15,18-19H,13-14,16-17H2,1-2H3. The van der Waals surface area contributed by atoms with E-state index in [0.717, 1.165) is 0 Å². The molecular formula is C25H27N3O6S. The van der Waals surface area contributed by atoms with Gasteiger partial charge in [0.25, 0.3) is 5.91 Å². The largest absolute Gasteiger partial charge is 0.495 e. The number of rotatable bonds is 8. The van der Waals surface area contributed by atoms with Crippen LogP contribution in [0.15, 0.2) is 76.4 Å². The Kier molecular flexibility index (Phi) is 7.64. The third kappa shape index (κ3) is 5.45. The van der Waals surface area contributed by atoms with Gasteiger partial charge in [-0.2, -0.15) is 4.31 Å². The molecule has 0 saturated carbocycles. The fraction of sp³-hybridized carbons (Fsp3) is 0.280. The van der Waals surface area contributed by atoms with Gasteiger partial charge in [-0.25, -0.2) is 13.4 Å². The second-order valence-electron chi connectivity index (χ2n) is 7.85. The predicted molar refractivity (Wildman–Crippen MR) is 130 cm³/mol. The fourth-order valence-corrected chi connectivity index (χ4v) is 5.43. The second kappa shape index (κ2) is 10.9. The molecule has 1 amide bonds. The molecule has 1 fully saturated rings. The number of furan rings is 1. The van der Waals surface area contributed by atoms with Gasteiger partial charge in [-0.1, -0.05) is 12.1 Å². The number of benzene rings is 1. The molecule has 10 heteroatoms. The molecule has 1 unspecified atom stereocenters. The van der Waals surface area contributed by atoms with Crippen molar-refractivity contribution in [3.63, 3.8) is 0 Å². The highest BCUT2D eigenvalue weighted by atomic mass is 32.2. The summed E-state index contributed by atoms with van der Waals surface area (Å²) in [6.45, 7) is 3.07. The summed E-state index contributed by atoms with van der Waals surface area (Å²) >= 11 is 0. The van der Waals surface area contributed by atoms with Crippen LogP contribution in [0.5, 0.6) is 5.75 Å². The Hall–Kier alpha value is -3.47. The highest BCUT2D eigenvalue weighted by molar-refractivity contribution is 7.89. The molecule has 0 radical (unpaired) electrons. The highest BCUT2D eigenvalue weighted by Gasteiger charge is 2.29. The van der Waals surface area contributed by atoms with E-state index in [1.54, 1.807) is 61.0 Å². The van der Waals surface area contributed by atoms with Crippen molar-refractivity contribution < 1.29 is 27.1 Å². The molecular weight excluding hydrogens is 470 g/mol. The van der Waals surface area contributed by atoms with Crippen LogP contribution in [0, 0.1) is 0 Å². The van der Waals surface area contributed by atoms with Gasteiger partial charge < -0.3 is 13.9 Å². The van der Waals surface area contributed by atoms with E-state index < -0.39 is 16.1 Å². The van der Waals surface area contributed by atoms with E-state index in [1.165, 1.54) is 28.5 Å². The summed E-state index contributed by atoms with van der Waals surface area (Å²) in [6.07, 6.45) is 6.13. The SMILES string of the molecule is COc1ccc(C=CC(=O)N(c2ccccn2)C(C)c2ccco2)cc1S(=O)(=O)N1CCOCC1. The summed E-state index contributed by atoms with van der Waals surface area (Å²) in [5.41, 5.74) is 0.539. The molecule has 0 spiro atoms. The Morgan fingerprint density at radius 3 is 2.63 bits per heavy atom. The molecule has 1 aromatic carbocycles. The number of hydrogen-bond donors (Lipinski definition) is 0. The zero-order chi connectivity index (χ0) is 24.8. The van der Waals surface area contributed by atoms with Crippen molar-refractivity contribution in [2.75, 3.05) is 38.3 Å². The Morgan fingerprint density at radius 2 is 1.97 bits per heavy atom. The van der Waals surface area contributed by atoms with E-state index in [0.29, 0.717) is 30.4 Å². The zero-order valence-corrected chi connectivity index (χ0v) is 20.3. The molecule has 0 bridgehead atoms. The van der Waals surface area contributed by atoms with Crippen LogP contribution in [0.4, 0.5) is 5.82 Å². The number of methoxy groups -OCH3 is 1. The van der Waals surface area contributed by atoms with E-state index in [4.69, 9.17) is 13.9 Å². The van der Waals surface area contributed by atoms with Crippen LogP contribution in [0.25, 0.3) is 6.08 Å². The first-order chi connectivity index (χ1) is 16.9. The predicted octanol–water partition coefficient (Wildman–Crippen LogP) is 3.51. The van der Waals surface area contributed by atoms with Crippen LogP contribution in [0.3, 0.4) is 0 Å². The maximum atomic E-state index is 13.3. The first-order valence-corrected chi connectivity index (χ1v) is 12.6. The van der Waals surface area contributed by atoms with Crippen LogP contribution < -0.4 is 9.64 Å². The number of carbonyl (C=O) groups is 1. The number of sulfonamides is 1. The van der Waals surface area contributed by atoms with Crippen LogP contribution in [-0.4, -0.2) is 57.0 Å². The normalized spacial score (nSPS) is 15.7. The van der Waals surface area contributed by atoms with E-state index in [-0.39, 0.29) is 29.6 Å². The summed E-state index contributed by atoms with van der Waals surface area (Å²) in [5, 5.41) is 0. The van der Waals surface area contributed by atoms with Crippen molar-refractivity contribution in [3.05, 3.63) is 78.4 Å². The van der Waals surface area contributed by atoms with Gasteiger partial charge in [0.1, 0.15) is 22.2 Å². The van der Waals surface area contributed by atoms with Crippen molar-refractivity contribution in [2.45, 2.75) is 17.9 Å². The first kappa shape index (κ1) is 24.6. The average Bonchev–Trinajstić information content (AvgIpc) is 3.44. The van der Waals surface area contributed by atoms with Gasteiger partial charge in [0.15, 0.2) is 0 Å². The summed E-state index contributed by atoms with van der Waals surface area (Å²) in [5.74, 6) is 0.986. The van der Waals surface area contributed by atoms with Gasteiger partial charge in [0.05, 0.1) is 32.6 Å². The monoisotopic (exact) mass is 497 g/mol. The van der Waals surface area contributed by atoms with Gasteiger partial charge in [0, 0.05) is 25.4 Å². The van der Waals surface area contributed by atoms with Crippen LogP contribution in [0.1, 0.15) is 24.3 Å². The molecule has 1 aliphatic rings. The number of anilines is 1. The Balaban J connectivity index is 1.64. The third-order valence-electron chi connectivity index (χ3n) is 5.67. The molecule has 1 aliphatic heterocycles. The summed E-state index contributed by atoms with van der Waals surface area (Å²) in [4.78, 5) is 19.2. The number of morpholine rings is 1. The lowest BCUT2D eigenvalue weighted by atomic mass is 10.1. The summed E-state index contributed by atoms with van der Waals surface area (Å²) in [6, 6.07) is 13.2. The van der Waals surface area contributed by atoms with E-state index >= 15 is 0 Å². The number of pyridine rings is 1. The number of aromatic nitrogens is 1. The van der Waals surface area contributed by atoms with E-state index in [9.17, 15) is 13.2 Å². The lowest BCUT2D eigenvalue weighted by Crippen LogP contribution is -2.40. The second-order valence-corrected chi connectivity index (χ2v) is 9.75. The van der Waals surface area contributed by atoms with Crippen LogP contribution >= 0.6 is 0 Å². The molecule has 0 N–H and O–H groups in total.